The molecule has 1 aromatic carbocycles. The number of aliphatic hydroxyl groups excluding tert-OH is 1. The van der Waals surface area contributed by atoms with E-state index in [1.807, 2.05) is 0 Å². The van der Waals surface area contributed by atoms with Crippen LogP contribution in [-0.2, 0) is 17.8 Å². The van der Waals surface area contributed by atoms with Crippen LogP contribution in [0.4, 0.5) is 4.39 Å². The number of hydrogen-bond acceptors (Lipinski definition) is 3. The third-order valence-corrected chi connectivity index (χ3v) is 5.92. The second-order valence-electron chi connectivity index (χ2n) is 9.20. The predicted molar refractivity (Wildman–Crippen MR) is 127 cm³/mol. The van der Waals surface area contributed by atoms with E-state index in [1.54, 1.807) is 12.1 Å². The monoisotopic (exact) mass is 443 g/mol. The van der Waals surface area contributed by atoms with Crippen LogP contribution in [0, 0.1) is 5.82 Å². The highest BCUT2D eigenvalue weighted by atomic mass is 19.1. The van der Waals surface area contributed by atoms with Crippen molar-refractivity contribution in [3.05, 3.63) is 52.6 Å². The van der Waals surface area contributed by atoms with Gasteiger partial charge in [-0.05, 0) is 59.9 Å². The number of benzene rings is 1. The Bertz CT molecular complexity index is 875. The van der Waals surface area contributed by atoms with Crippen LogP contribution in [0.3, 0.4) is 0 Å². The van der Waals surface area contributed by atoms with Crippen LogP contribution in [0.25, 0.3) is 11.1 Å². The summed E-state index contributed by atoms with van der Waals surface area (Å²) in [6.07, 6.45) is 6.97. The molecule has 0 aliphatic heterocycles. The molecule has 0 aliphatic carbocycles. The Kier molecular flexibility index (Phi) is 10.3. The largest absolute Gasteiger partial charge is 0.481 e. The smallest absolute Gasteiger partial charge is 0.303 e. The molecule has 0 spiro atoms. The quantitative estimate of drug-likeness (QED) is 0.327. The summed E-state index contributed by atoms with van der Waals surface area (Å²) < 4.78 is 13.6. The first-order valence-electron chi connectivity index (χ1n) is 11.9. The molecule has 0 unspecified atom stereocenters. The van der Waals surface area contributed by atoms with Gasteiger partial charge in [0.05, 0.1) is 6.61 Å². The second-order valence-corrected chi connectivity index (χ2v) is 9.20. The standard InChI is InChI=1S/C27H38FNO3/c1-18(2)26-22(11-9-7-5-6-8-10-12-24(31)32)25(20-13-15-21(28)16-14-20)23(17-30)27(29-26)19(3)4/h13-16,18-19,30H,5-12,17H2,1-4H3,(H,31,32). The minimum atomic E-state index is -0.725. The number of rotatable bonds is 13. The maximum atomic E-state index is 13.6. The molecule has 0 amide bonds. The summed E-state index contributed by atoms with van der Waals surface area (Å²) in [6, 6.07) is 6.54. The van der Waals surface area contributed by atoms with E-state index in [4.69, 9.17) is 10.1 Å². The van der Waals surface area contributed by atoms with Gasteiger partial charge in [-0.25, -0.2) is 4.39 Å². The third-order valence-electron chi connectivity index (χ3n) is 5.92. The fourth-order valence-corrected chi connectivity index (χ4v) is 4.32. The first-order valence-corrected chi connectivity index (χ1v) is 11.9. The van der Waals surface area contributed by atoms with E-state index in [0.29, 0.717) is 0 Å². The molecule has 0 bridgehead atoms. The van der Waals surface area contributed by atoms with Crippen LogP contribution in [-0.4, -0.2) is 21.2 Å². The number of halogens is 1. The topological polar surface area (TPSA) is 70.4 Å². The van der Waals surface area contributed by atoms with E-state index in [-0.39, 0.29) is 30.7 Å². The van der Waals surface area contributed by atoms with Crippen molar-refractivity contribution in [1.82, 2.24) is 4.98 Å². The molecule has 1 heterocycles. The molecule has 0 saturated heterocycles. The Morgan fingerprint density at radius 2 is 1.41 bits per heavy atom. The van der Waals surface area contributed by atoms with Crippen molar-refractivity contribution in [3.63, 3.8) is 0 Å². The number of carboxylic acids is 1. The van der Waals surface area contributed by atoms with Gasteiger partial charge in [-0.1, -0.05) is 65.5 Å². The summed E-state index contributed by atoms with van der Waals surface area (Å²) in [6.45, 7) is 8.37. The molecule has 0 fully saturated rings. The number of unbranched alkanes of at least 4 members (excludes halogenated alkanes) is 5. The summed E-state index contributed by atoms with van der Waals surface area (Å²) in [4.78, 5) is 15.6. The number of carboxylic acid groups (broad SMARTS) is 1. The molecular weight excluding hydrogens is 405 g/mol. The van der Waals surface area contributed by atoms with Crippen LogP contribution >= 0.6 is 0 Å². The van der Waals surface area contributed by atoms with Crippen molar-refractivity contribution in [1.29, 1.82) is 0 Å². The predicted octanol–water partition coefficient (Wildman–Crippen LogP) is 6.98. The van der Waals surface area contributed by atoms with Gasteiger partial charge in [0.25, 0.3) is 0 Å². The number of aromatic nitrogens is 1. The van der Waals surface area contributed by atoms with Gasteiger partial charge < -0.3 is 10.2 Å². The van der Waals surface area contributed by atoms with Gasteiger partial charge in [0.15, 0.2) is 0 Å². The molecule has 2 aromatic rings. The number of hydrogen-bond donors (Lipinski definition) is 2. The van der Waals surface area contributed by atoms with Crippen molar-refractivity contribution in [2.24, 2.45) is 0 Å². The lowest BCUT2D eigenvalue weighted by molar-refractivity contribution is -0.137. The Labute approximate surface area is 191 Å². The first kappa shape index (κ1) is 26.0. The molecule has 2 rings (SSSR count). The molecule has 0 atom stereocenters. The molecule has 4 nitrogen and oxygen atoms in total. The Hall–Kier alpha value is -2.27. The van der Waals surface area contributed by atoms with Crippen molar-refractivity contribution >= 4 is 5.97 Å². The van der Waals surface area contributed by atoms with E-state index in [0.717, 1.165) is 78.6 Å². The van der Waals surface area contributed by atoms with Gasteiger partial charge in [0.2, 0.25) is 0 Å². The maximum absolute atomic E-state index is 13.6. The summed E-state index contributed by atoms with van der Waals surface area (Å²) in [5.41, 5.74) is 5.91. The average Bonchev–Trinajstić information content (AvgIpc) is 2.74. The molecule has 1 aromatic heterocycles. The normalized spacial score (nSPS) is 11.5. The Morgan fingerprint density at radius 3 is 1.94 bits per heavy atom. The van der Waals surface area contributed by atoms with Gasteiger partial charge in [0.1, 0.15) is 5.82 Å². The van der Waals surface area contributed by atoms with Crippen LogP contribution in [0.5, 0.6) is 0 Å². The molecule has 0 aliphatic rings. The fraction of sp³-hybridized carbons (Fsp3) is 0.556. The number of aliphatic carboxylic acids is 1. The molecule has 5 heteroatoms. The van der Waals surface area contributed by atoms with E-state index >= 15 is 0 Å². The van der Waals surface area contributed by atoms with Crippen LogP contribution in [0.15, 0.2) is 24.3 Å². The molecular formula is C27H38FNO3. The van der Waals surface area contributed by atoms with Crippen LogP contribution < -0.4 is 0 Å². The average molecular weight is 444 g/mol. The Morgan fingerprint density at radius 1 is 0.875 bits per heavy atom. The lowest BCUT2D eigenvalue weighted by Crippen LogP contribution is -2.12. The zero-order valence-electron chi connectivity index (χ0n) is 20.0. The SMILES string of the molecule is CC(C)c1nc(C(C)C)c(CCCCCCCCC(=O)O)c(-c2ccc(F)cc2)c1CO. The van der Waals surface area contributed by atoms with E-state index in [2.05, 4.69) is 27.7 Å². The van der Waals surface area contributed by atoms with Gasteiger partial charge in [0, 0.05) is 23.4 Å². The third kappa shape index (κ3) is 7.13. The first-order chi connectivity index (χ1) is 15.3. The molecule has 0 radical (unpaired) electrons. The van der Waals surface area contributed by atoms with Crippen molar-refractivity contribution in [2.45, 2.75) is 97.5 Å². The van der Waals surface area contributed by atoms with Gasteiger partial charge >= 0.3 is 5.97 Å². The Balaban J connectivity index is 2.31. The number of nitrogens with zero attached hydrogens (tertiary/aromatic N) is 1. The van der Waals surface area contributed by atoms with E-state index in [1.165, 1.54) is 12.1 Å². The van der Waals surface area contributed by atoms with Crippen molar-refractivity contribution in [2.75, 3.05) is 0 Å². The fourth-order valence-electron chi connectivity index (χ4n) is 4.32. The molecule has 2 N–H and O–H groups in total. The van der Waals surface area contributed by atoms with Crippen LogP contribution in [0.2, 0.25) is 0 Å². The molecule has 32 heavy (non-hydrogen) atoms. The van der Waals surface area contributed by atoms with Gasteiger partial charge in [-0.2, -0.15) is 0 Å². The molecule has 0 saturated carbocycles. The highest BCUT2D eigenvalue weighted by molar-refractivity contribution is 5.73. The number of pyridine rings is 1. The number of aliphatic hydroxyl groups is 1. The highest BCUT2D eigenvalue weighted by Gasteiger charge is 2.23. The lowest BCUT2D eigenvalue weighted by Gasteiger charge is -2.24. The molecule has 176 valence electrons. The summed E-state index contributed by atoms with van der Waals surface area (Å²) in [7, 11) is 0. The summed E-state index contributed by atoms with van der Waals surface area (Å²) in [5.74, 6) is -0.582. The maximum Gasteiger partial charge on any atom is 0.303 e. The minimum Gasteiger partial charge on any atom is -0.481 e. The van der Waals surface area contributed by atoms with E-state index < -0.39 is 5.97 Å². The highest BCUT2D eigenvalue weighted by Crippen LogP contribution is 2.37. The van der Waals surface area contributed by atoms with Crippen LogP contribution in [0.1, 0.15) is 107 Å². The summed E-state index contributed by atoms with van der Waals surface area (Å²) in [5, 5.41) is 19.0. The zero-order chi connectivity index (χ0) is 23.7. The van der Waals surface area contributed by atoms with Gasteiger partial charge in [-0.3, -0.25) is 9.78 Å². The summed E-state index contributed by atoms with van der Waals surface area (Å²) >= 11 is 0. The lowest BCUT2D eigenvalue weighted by atomic mass is 9.85. The zero-order valence-corrected chi connectivity index (χ0v) is 20.0. The van der Waals surface area contributed by atoms with Gasteiger partial charge in [-0.15, -0.1) is 0 Å². The van der Waals surface area contributed by atoms with E-state index in [9.17, 15) is 14.3 Å². The van der Waals surface area contributed by atoms with Crippen molar-refractivity contribution < 1.29 is 19.4 Å². The minimum absolute atomic E-state index is 0.0951. The number of carbonyl (C=O) groups is 1. The second kappa shape index (κ2) is 12.7. The van der Waals surface area contributed by atoms with Crippen molar-refractivity contribution in [3.8, 4) is 11.1 Å².